The lowest BCUT2D eigenvalue weighted by Gasteiger charge is -2.40. The molecule has 140 valence electrons. The van der Waals surface area contributed by atoms with Gasteiger partial charge in [0.05, 0.1) is 13.2 Å². The first kappa shape index (κ1) is 19.4. The number of benzene rings is 1. The average molecular weight is 348 g/mol. The number of nitrogens with one attached hydrogen (secondary N) is 1. The standard InChI is InChI=1S/C20H32N2O3/c1-6-24-18-12-11-17(13-19(18)25-7-2)21-16(5)20(23)22-14(3)9-8-10-15(22)4/h11-16,21H,6-10H2,1-5H3/t14-,15+,16-/m1/s1. The Bertz CT molecular complexity index is 566. The third-order valence-electron chi connectivity index (χ3n) is 4.75. The highest BCUT2D eigenvalue weighted by Gasteiger charge is 2.31. The van der Waals surface area contributed by atoms with Crippen LogP contribution in [0.2, 0.25) is 0 Å². The number of nitrogens with zero attached hydrogens (tertiary/aromatic N) is 1. The summed E-state index contributed by atoms with van der Waals surface area (Å²) in [6, 6.07) is 6.05. The van der Waals surface area contributed by atoms with E-state index in [2.05, 4.69) is 19.2 Å². The van der Waals surface area contributed by atoms with E-state index in [1.807, 2.05) is 43.9 Å². The number of hydrogen-bond donors (Lipinski definition) is 1. The minimum atomic E-state index is -0.282. The molecule has 1 aliphatic rings. The van der Waals surface area contributed by atoms with Crippen LogP contribution in [0.3, 0.4) is 0 Å². The van der Waals surface area contributed by atoms with Gasteiger partial charge in [0.15, 0.2) is 11.5 Å². The fourth-order valence-corrected chi connectivity index (χ4v) is 3.53. The average Bonchev–Trinajstić information content (AvgIpc) is 2.57. The lowest BCUT2D eigenvalue weighted by molar-refractivity contribution is -0.137. The number of amides is 1. The number of hydrogen-bond acceptors (Lipinski definition) is 4. The minimum absolute atomic E-state index is 0.159. The number of piperidine rings is 1. The van der Waals surface area contributed by atoms with Gasteiger partial charge in [0.2, 0.25) is 5.91 Å². The summed E-state index contributed by atoms with van der Waals surface area (Å²) < 4.78 is 11.3. The van der Waals surface area contributed by atoms with Crippen molar-refractivity contribution in [2.75, 3.05) is 18.5 Å². The Morgan fingerprint density at radius 2 is 1.76 bits per heavy atom. The van der Waals surface area contributed by atoms with Crippen LogP contribution in [-0.4, -0.2) is 42.1 Å². The van der Waals surface area contributed by atoms with Crippen molar-refractivity contribution in [2.24, 2.45) is 0 Å². The van der Waals surface area contributed by atoms with Crippen LogP contribution < -0.4 is 14.8 Å². The van der Waals surface area contributed by atoms with Crippen molar-refractivity contribution in [2.45, 2.75) is 72.0 Å². The van der Waals surface area contributed by atoms with E-state index in [0.29, 0.717) is 31.0 Å². The molecule has 3 atom stereocenters. The first-order valence-electron chi connectivity index (χ1n) is 9.46. The third kappa shape index (κ3) is 4.80. The monoisotopic (exact) mass is 348 g/mol. The lowest BCUT2D eigenvalue weighted by atomic mass is 9.96. The molecule has 1 heterocycles. The van der Waals surface area contributed by atoms with E-state index >= 15 is 0 Å². The number of anilines is 1. The van der Waals surface area contributed by atoms with Crippen LogP contribution in [0.5, 0.6) is 11.5 Å². The number of rotatable bonds is 7. The molecule has 1 fully saturated rings. The number of ether oxygens (including phenoxy) is 2. The summed E-state index contributed by atoms with van der Waals surface area (Å²) in [6.45, 7) is 11.3. The zero-order valence-corrected chi connectivity index (χ0v) is 16.2. The predicted molar refractivity (Wildman–Crippen MR) is 101 cm³/mol. The van der Waals surface area contributed by atoms with Crippen molar-refractivity contribution in [3.05, 3.63) is 18.2 Å². The Morgan fingerprint density at radius 1 is 1.16 bits per heavy atom. The van der Waals surface area contributed by atoms with E-state index in [-0.39, 0.29) is 11.9 Å². The van der Waals surface area contributed by atoms with Gasteiger partial charge in [-0.05, 0) is 66.0 Å². The van der Waals surface area contributed by atoms with Crippen LogP contribution >= 0.6 is 0 Å². The molecule has 1 amide bonds. The smallest absolute Gasteiger partial charge is 0.245 e. The molecule has 1 aliphatic heterocycles. The number of carbonyl (C=O) groups is 1. The second kappa shape index (κ2) is 8.97. The van der Waals surface area contributed by atoms with Gasteiger partial charge in [-0.3, -0.25) is 4.79 Å². The van der Waals surface area contributed by atoms with Crippen LogP contribution in [0.1, 0.15) is 53.9 Å². The Hall–Kier alpha value is -1.91. The number of carbonyl (C=O) groups excluding carboxylic acids is 1. The summed E-state index contributed by atoms with van der Waals surface area (Å²) in [5, 5.41) is 3.32. The van der Waals surface area contributed by atoms with E-state index < -0.39 is 0 Å². The van der Waals surface area contributed by atoms with Gasteiger partial charge in [0.25, 0.3) is 0 Å². The molecular formula is C20H32N2O3. The van der Waals surface area contributed by atoms with Gasteiger partial charge in [0.1, 0.15) is 6.04 Å². The normalized spacial score (nSPS) is 21.6. The molecule has 0 aliphatic carbocycles. The van der Waals surface area contributed by atoms with Crippen molar-refractivity contribution in [3.63, 3.8) is 0 Å². The Kier molecular flexibility index (Phi) is 6.97. The molecule has 0 aromatic heterocycles. The van der Waals surface area contributed by atoms with Crippen molar-refractivity contribution in [3.8, 4) is 11.5 Å². The molecule has 0 radical (unpaired) electrons. The molecule has 0 spiro atoms. The quantitative estimate of drug-likeness (QED) is 0.807. The van der Waals surface area contributed by atoms with Gasteiger partial charge >= 0.3 is 0 Å². The molecule has 0 saturated carbocycles. The molecule has 1 aromatic rings. The zero-order valence-electron chi connectivity index (χ0n) is 16.2. The summed E-state index contributed by atoms with van der Waals surface area (Å²) in [5.74, 6) is 1.59. The number of likely N-dealkylation sites (tertiary alicyclic amines) is 1. The molecule has 25 heavy (non-hydrogen) atoms. The van der Waals surface area contributed by atoms with E-state index in [9.17, 15) is 4.79 Å². The van der Waals surface area contributed by atoms with Crippen molar-refractivity contribution < 1.29 is 14.3 Å². The zero-order chi connectivity index (χ0) is 18.4. The summed E-state index contributed by atoms with van der Waals surface area (Å²) in [5.41, 5.74) is 0.866. The largest absolute Gasteiger partial charge is 0.490 e. The van der Waals surface area contributed by atoms with Crippen LogP contribution in [0.25, 0.3) is 0 Å². The first-order chi connectivity index (χ1) is 12.0. The summed E-state index contributed by atoms with van der Waals surface area (Å²) in [4.78, 5) is 15.0. The lowest BCUT2D eigenvalue weighted by Crippen LogP contribution is -2.52. The van der Waals surface area contributed by atoms with Crippen LogP contribution in [0.4, 0.5) is 5.69 Å². The summed E-state index contributed by atoms with van der Waals surface area (Å²) in [6.07, 6.45) is 3.37. The highest BCUT2D eigenvalue weighted by atomic mass is 16.5. The third-order valence-corrected chi connectivity index (χ3v) is 4.75. The highest BCUT2D eigenvalue weighted by molar-refractivity contribution is 5.85. The van der Waals surface area contributed by atoms with E-state index in [4.69, 9.17) is 9.47 Å². The van der Waals surface area contributed by atoms with E-state index in [0.717, 1.165) is 24.3 Å². The van der Waals surface area contributed by atoms with Crippen LogP contribution in [0, 0.1) is 0 Å². The van der Waals surface area contributed by atoms with Gasteiger partial charge in [-0.1, -0.05) is 0 Å². The molecule has 0 bridgehead atoms. The van der Waals surface area contributed by atoms with Crippen LogP contribution in [-0.2, 0) is 4.79 Å². The van der Waals surface area contributed by atoms with Gasteiger partial charge in [0, 0.05) is 23.8 Å². The maximum absolute atomic E-state index is 12.9. The highest BCUT2D eigenvalue weighted by Crippen LogP contribution is 2.31. The Morgan fingerprint density at radius 3 is 2.36 bits per heavy atom. The molecular weight excluding hydrogens is 316 g/mol. The topological polar surface area (TPSA) is 50.8 Å². The molecule has 1 aromatic carbocycles. The van der Waals surface area contributed by atoms with Gasteiger partial charge in [-0.15, -0.1) is 0 Å². The SMILES string of the molecule is CCOc1ccc(N[C@H](C)C(=O)N2[C@H](C)CCC[C@@H]2C)cc1OCC. The maximum atomic E-state index is 12.9. The van der Waals surface area contributed by atoms with Gasteiger partial charge in [-0.2, -0.15) is 0 Å². The van der Waals surface area contributed by atoms with Crippen LogP contribution in [0.15, 0.2) is 18.2 Å². The maximum Gasteiger partial charge on any atom is 0.245 e. The second-order valence-corrected chi connectivity index (χ2v) is 6.77. The van der Waals surface area contributed by atoms with Gasteiger partial charge in [-0.25, -0.2) is 0 Å². The van der Waals surface area contributed by atoms with Crippen molar-refractivity contribution in [1.29, 1.82) is 0 Å². The first-order valence-corrected chi connectivity index (χ1v) is 9.46. The molecule has 1 saturated heterocycles. The fraction of sp³-hybridized carbons (Fsp3) is 0.650. The molecule has 5 heteroatoms. The predicted octanol–water partition coefficient (Wildman–Crippen LogP) is 4.07. The minimum Gasteiger partial charge on any atom is -0.490 e. The molecule has 2 rings (SSSR count). The van der Waals surface area contributed by atoms with Gasteiger partial charge < -0.3 is 19.7 Å². The Balaban J connectivity index is 2.09. The molecule has 0 unspecified atom stereocenters. The fourth-order valence-electron chi connectivity index (χ4n) is 3.53. The molecule has 5 nitrogen and oxygen atoms in total. The summed E-state index contributed by atoms with van der Waals surface area (Å²) >= 11 is 0. The van der Waals surface area contributed by atoms with Crippen molar-refractivity contribution in [1.82, 2.24) is 4.90 Å². The second-order valence-electron chi connectivity index (χ2n) is 6.77. The van der Waals surface area contributed by atoms with E-state index in [1.165, 1.54) is 6.42 Å². The Labute approximate surface area is 151 Å². The van der Waals surface area contributed by atoms with Crippen molar-refractivity contribution >= 4 is 11.6 Å². The molecule has 1 N–H and O–H groups in total. The summed E-state index contributed by atoms with van der Waals surface area (Å²) in [7, 11) is 0. The van der Waals surface area contributed by atoms with E-state index in [1.54, 1.807) is 0 Å².